The molecule has 0 unspecified atom stereocenters. The van der Waals surface area contributed by atoms with Gasteiger partial charge in [-0.15, -0.1) is 0 Å². The lowest BCUT2D eigenvalue weighted by Crippen LogP contribution is -2.15. The summed E-state index contributed by atoms with van der Waals surface area (Å²) in [5, 5.41) is 17.9. The van der Waals surface area contributed by atoms with Crippen molar-refractivity contribution >= 4 is 0 Å². The molecule has 1 aromatic heterocycles. The van der Waals surface area contributed by atoms with E-state index < -0.39 is 17.4 Å². The number of imidazole rings is 1. The highest BCUT2D eigenvalue weighted by atomic mass is 16.3. The third-order valence-corrected chi connectivity index (χ3v) is 1.39. The average Bonchev–Trinajstić information content (AvgIpc) is 2.17. The molecule has 0 aliphatic rings. The van der Waals surface area contributed by atoms with Gasteiger partial charge in [0.25, 0.3) is 11.8 Å². The SMILES string of the molecule is CCCn1c(O)c(O)[nH]c1=O. The quantitative estimate of drug-likeness (QED) is 0.566. The molecule has 0 aromatic carbocycles. The predicted octanol–water partition coefficient (Wildman–Crippen LogP) is -0.00240. The number of aromatic amines is 1. The molecule has 0 fully saturated rings. The molecule has 0 radical (unpaired) electrons. The molecule has 1 aromatic rings. The minimum atomic E-state index is -0.484. The largest absolute Gasteiger partial charge is 0.491 e. The lowest BCUT2D eigenvalue weighted by molar-refractivity contribution is 0.365. The van der Waals surface area contributed by atoms with E-state index in [1.165, 1.54) is 0 Å². The Labute approximate surface area is 62.9 Å². The van der Waals surface area contributed by atoms with Crippen LogP contribution in [-0.2, 0) is 6.54 Å². The van der Waals surface area contributed by atoms with Crippen molar-refractivity contribution in [3.8, 4) is 11.8 Å². The van der Waals surface area contributed by atoms with Crippen LogP contribution < -0.4 is 5.69 Å². The minimum Gasteiger partial charge on any atom is -0.491 e. The lowest BCUT2D eigenvalue weighted by atomic mass is 10.5. The summed E-state index contributed by atoms with van der Waals surface area (Å²) in [7, 11) is 0. The van der Waals surface area contributed by atoms with Crippen LogP contribution in [0.3, 0.4) is 0 Å². The van der Waals surface area contributed by atoms with Crippen molar-refractivity contribution in [3.63, 3.8) is 0 Å². The summed E-state index contributed by atoms with van der Waals surface area (Å²) < 4.78 is 1.08. The molecule has 5 heteroatoms. The molecule has 0 spiro atoms. The van der Waals surface area contributed by atoms with Crippen LogP contribution in [0.2, 0.25) is 0 Å². The second-order valence-electron chi connectivity index (χ2n) is 2.25. The molecular formula is C6H10N2O3. The maximum Gasteiger partial charge on any atom is 0.331 e. The van der Waals surface area contributed by atoms with Crippen LogP contribution in [-0.4, -0.2) is 19.8 Å². The number of nitrogens with one attached hydrogen (secondary N) is 1. The molecule has 0 amide bonds. The van der Waals surface area contributed by atoms with Gasteiger partial charge in [0.2, 0.25) is 0 Å². The zero-order valence-electron chi connectivity index (χ0n) is 6.16. The third kappa shape index (κ3) is 1.21. The Bertz CT molecular complexity index is 299. The van der Waals surface area contributed by atoms with Crippen molar-refractivity contribution in [1.29, 1.82) is 0 Å². The van der Waals surface area contributed by atoms with Gasteiger partial charge in [-0.1, -0.05) is 6.92 Å². The fraction of sp³-hybridized carbons (Fsp3) is 0.500. The summed E-state index contributed by atoms with van der Waals surface area (Å²) in [5.41, 5.74) is -0.484. The first-order valence-corrected chi connectivity index (χ1v) is 3.37. The maximum absolute atomic E-state index is 10.8. The van der Waals surface area contributed by atoms with Gasteiger partial charge in [-0.05, 0) is 6.42 Å². The Morgan fingerprint density at radius 3 is 2.55 bits per heavy atom. The van der Waals surface area contributed by atoms with Crippen LogP contribution in [0, 0.1) is 0 Å². The molecule has 0 atom stereocenters. The van der Waals surface area contributed by atoms with Gasteiger partial charge < -0.3 is 10.2 Å². The zero-order chi connectivity index (χ0) is 8.43. The van der Waals surface area contributed by atoms with E-state index in [1.54, 1.807) is 0 Å². The molecule has 0 saturated heterocycles. The van der Waals surface area contributed by atoms with Gasteiger partial charge >= 0.3 is 5.69 Å². The monoisotopic (exact) mass is 158 g/mol. The molecule has 3 N–H and O–H groups in total. The second-order valence-corrected chi connectivity index (χ2v) is 2.25. The van der Waals surface area contributed by atoms with E-state index in [-0.39, 0.29) is 0 Å². The standard InChI is InChI=1S/C6H10N2O3/c1-2-3-8-5(10)4(9)7-6(8)11/h9-10H,2-3H2,1H3,(H,7,11). The van der Waals surface area contributed by atoms with Crippen molar-refractivity contribution in [3.05, 3.63) is 10.5 Å². The van der Waals surface area contributed by atoms with Gasteiger partial charge in [-0.2, -0.15) is 0 Å². The molecular weight excluding hydrogens is 148 g/mol. The number of H-pyrrole nitrogens is 1. The lowest BCUT2D eigenvalue weighted by Gasteiger charge is -1.97. The smallest absolute Gasteiger partial charge is 0.331 e. The van der Waals surface area contributed by atoms with Crippen molar-refractivity contribution in [2.75, 3.05) is 0 Å². The maximum atomic E-state index is 10.8. The number of hydrogen-bond acceptors (Lipinski definition) is 3. The molecule has 1 rings (SSSR count). The van der Waals surface area contributed by atoms with Crippen molar-refractivity contribution < 1.29 is 10.2 Å². The van der Waals surface area contributed by atoms with E-state index in [2.05, 4.69) is 4.98 Å². The van der Waals surface area contributed by atoms with Crippen LogP contribution in [0.4, 0.5) is 0 Å². The first-order valence-electron chi connectivity index (χ1n) is 3.37. The molecule has 0 aliphatic carbocycles. The minimum absolute atomic E-state index is 0.392. The van der Waals surface area contributed by atoms with Gasteiger partial charge in [0, 0.05) is 6.54 Å². The summed E-state index contributed by atoms with van der Waals surface area (Å²) in [6.07, 6.45) is 0.727. The Morgan fingerprint density at radius 1 is 1.55 bits per heavy atom. The topological polar surface area (TPSA) is 78.2 Å². The molecule has 1 heterocycles. The van der Waals surface area contributed by atoms with Crippen LogP contribution in [0.15, 0.2) is 4.79 Å². The number of nitrogens with zero attached hydrogens (tertiary/aromatic N) is 1. The molecule has 11 heavy (non-hydrogen) atoms. The highest BCUT2D eigenvalue weighted by molar-refractivity contribution is 5.22. The van der Waals surface area contributed by atoms with Crippen molar-refractivity contribution in [2.45, 2.75) is 19.9 Å². The van der Waals surface area contributed by atoms with Crippen LogP contribution in [0.1, 0.15) is 13.3 Å². The fourth-order valence-corrected chi connectivity index (χ4v) is 0.880. The Balaban J connectivity index is 3.12. The van der Waals surface area contributed by atoms with Gasteiger partial charge in [0.05, 0.1) is 0 Å². The zero-order valence-corrected chi connectivity index (χ0v) is 6.16. The van der Waals surface area contributed by atoms with E-state index in [0.29, 0.717) is 6.54 Å². The fourth-order valence-electron chi connectivity index (χ4n) is 0.880. The second kappa shape index (κ2) is 2.69. The van der Waals surface area contributed by atoms with Crippen LogP contribution in [0.25, 0.3) is 0 Å². The normalized spacial score (nSPS) is 10.3. The Kier molecular flexibility index (Phi) is 1.89. The number of hydrogen-bond donors (Lipinski definition) is 3. The molecule has 62 valence electrons. The van der Waals surface area contributed by atoms with Gasteiger partial charge in [-0.3, -0.25) is 9.55 Å². The predicted molar refractivity (Wildman–Crippen MR) is 38.7 cm³/mol. The van der Waals surface area contributed by atoms with E-state index >= 15 is 0 Å². The van der Waals surface area contributed by atoms with Crippen LogP contribution in [0.5, 0.6) is 11.8 Å². The van der Waals surface area contributed by atoms with Crippen LogP contribution >= 0.6 is 0 Å². The summed E-state index contributed by atoms with van der Waals surface area (Å²) in [6, 6.07) is 0. The summed E-state index contributed by atoms with van der Waals surface area (Å²) >= 11 is 0. The van der Waals surface area contributed by atoms with E-state index in [0.717, 1.165) is 11.0 Å². The highest BCUT2D eigenvalue weighted by Crippen LogP contribution is 2.18. The van der Waals surface area contributed by atoms with Gasteiger partial charge in [0.15, 0.2) is 0 Å². The number of aromatic nitrogens is 2. The molecule has 5 nitrogen and oxygen atoms in total. The molecule has 0 saturated carbocycles. The van der Waals surface area contributed by atoms with E-state index in [4.69, 9.17) is 10.2 Å². The van der Waals surface area contributed by atoms with E-state index in [1.807, 2.05) is 6.92 Å². The summed E-state index contributed by atoms with van der Waals surface area (Å²) in [4.78, 5) is 12.9. The number of rotatable bonds is 2. The highest BCUT2D eigenvalue weighted by Gasteiger charge is 2.09. The van der Waals surface area contributed by atoms with Gasteiger partial charge in [0.1, 0.15) is 0 Å². The Morgan fingerprint density at radius 2 is 2.18 bits per heavy atom. The Hall–Kier alpha value is -1.39. The summed E-state index contributed by atoms with van der Waals surface area (Å²) in [5.74, 6) is -0.861. The van der Waals surface area contributed by atoms with Gasteiger partial charge in [-0.25, -0.2) is 4.79 Å². The average molecular weight is 158 g/mol. The first-order chi connectivity index (χ1) is 5.16. The van der Waals surface area contributed by atoms with Crippen molar-refractivity contribution in [1.82, 2.24) is 9.55 Å². The third-order valence-electron chi connectivity index (χ3n) is 1.39. The van der Waals surface area contributed by atoms with E-state index in [9.17, 15) is 4.79 Å². The van der Waals surface area contributed by atoms with Crippen molar-refractivity contribution in [2.24, 2.45) is 0 Å². The molecule has 0 bridgehead atoms. The first kappa shape index (κ1) is 7.71. The summed E-state index contributed by atoms with van der Waals surface area (Å²) in [6.45, 7) is 2.28. The number of aromatic hydroxyl groups is 2. The molecule has 0 aliphatic heterocycles.